The molecule has 0 saturated carbocycles. The fourth-order valence-electron chi connectivity index (χ4n) is 4.62. The van der Waals surface area contributed by atoms with Crippen LogP contribution in [0.25, 0.3) is 0 Å². The van der Waals surface area contributed by atoms with Crippen molar-refractivity contribution in [3.05, 3.63) is 0 Å². The average molecular weight is 471 g/mol. The summed E-state index contributed by atoms with van der Waals surface area (Å²) in [7, 11) is -4.35. The number of halogens is 1. The van der Waals surface area contributed by atoms with Gasteiger partial charge in [-0.05, 0) is 0 Å². The summed E-state index contributed by atoms with van der Waals surface area (Å²) in [6, 6.07) is 0. The van der Waals surface area contributed by atoms with Gasteiger partial charge in [0.2, 0.25) is 0 Å². The Balaban J connectivity index is 3.76. The molecule has 0 spiro atoms. The molecular weight excluding hydrogens is 419 g/mol. The van der Waals surface area contributed by atoms with Crippen LogP contribution in [0.5, 0.6) is 0 Å². The molecule has 0 aliphatic rings. The molecule has 0 radical (unpaired) electrons. The molecule has 0 amide bonds. The molecule has 0 N–H and O–H groups in total. The van der Waals surface area contributed by atoms with Gasteiger partial charge >= 0.3 is 151 Å². The molecule has 30 heavy (non-hydrogen) atoms. The Morgan fingerprint density at radius 2 is 0.800 bits per heavy atom. The van der Waals surface area contributed by atoms with Crippen LogP contribution in [0.3, 0.4) is 0 Å². The van der Waals surface area contributed by atoms with Gasteiger partial charge in [-0.25, -0.2) is 0 Å². The van der Waals surface area contributed by atoms with E-state index in [1.807, 2.05) is 20.8 Å². The van der Waals surface area contributed by atoms with Crippen molar-refractivity contribution >= 4 is 6.83 Å². The van der Waals surface area contributed by atoms with Crippen molar-refractivity contribution in [2.45, 2.75) is 130 Å². The van der Waals surface area contributed by atoms with Gasteiger partial charge in [0.05, 0.1) is 0 Å². The second-order valence-corrected chi connectivity index (χ2v) is 16.6. The number of hydrogen-bond donors (Lipinski definition) is 0. The fourth-order valence-corrected chi connectivity index (χ4v) is 11.3. The molecule has 0 atom stereocenters. The zero-order chi connectivity index (χ0) is 22.8. The molecule has 0 saturated heterocycles. The zero-order valence-electron chi connectivity index (χ0n) is 20.6. The summed E-state index contributed by atoms with van der Waals surface area (Å²) < 4.78 is 39.3. The number of unbranched alkanes of at least 4 members (excludes halogenated alkanes) is 15. The van der Waals surface area contributed by atoms with Gasteiger partial charge < -0.3 is 0 Å². The van der Waals surface area contributed by atoms with Crippen molar-refractivity contribution in [1.82, 2.24) is 0 Å². The summed E-state index contributed by atoms with van der Waals surface area (Å²) in [5.74, 6) is 0. The standard InChI is InChI=1S/C24H52ClO4P/c1-5-9-10-11-12-13-14-15-16-17-18-19-20-21-22-23-24-30(6-2,7-3,8-4)29-25(26,27)28/h5-24H2,1-4H3. The first-order valence-corrected chi connectivity index (χ1v) is 17.0. The molecule has 0 aromatic rings. The maximum atomic E-state index is 11.3. The van der Waals surface area contributed by atoms with Crippen molar-refractivity contribution in [3.63, 3.8) is 0 Å². The van der Waals surface area contributed by atoms with Crippen molar-refractivity contribution < 1.29 is 28.3 Å². The van der Waals surface area contributed by atoms with Crippen LogP contribution in [-0.4, -0.2) is 24.6 Å². The van der Waals surface area contributed by atoms with Crippen LogP contribution < -0.4 is 14.0 Å². The predicted molar refractivity (Wildman–Crippen MR) is 124 cm³/mol. The summed E-state index contributed by atoms with van der Waals surface area (Å²) in [5, 5.41) is 0. The van der Waals surface area contributed by atoms with Crippen LogP contribution in [0, 0.1) is 10.2 Å². The van der Waals surface area contributed by atoms with Gasteiger partial charge in [0, 0.05) is 0 Å². The van der Waals surface area contributed by atoms with Crippen LogP contribution in [0.4, 0.5) is 0 Å². The maximum absolute atomic E-state index is 11.3. The average Bonchev–Trinajstić information content (AvgIpc) is 2.72. The molecule has 0 unspecified atom stereocenters. The molecule has 0 rings (SSSR count). The second-order valence-electron chi connectivity index (χ2n) is 9.28. The van der Waals surface area contributed by atoms with Crippen LogP contribution in [0.1, 0.15) is 130 Å². The second kappa shape index (κ2) is 17.1. The molecule has 0 aromatic carbocycles. The Bertz CT molecular complexity index is 386. The molecule has 0 aromatic heterocycles. The van der Waals surface area contributed by atoms with Gasteiger partial charge in [-0.1, -0.05) is 39.0 Å². The van der Waals surface area contributed by atoms with E-state index in [4.69, 9.17) is 4.08 Å². The summed E-state index contributed by atoms with van der Waals surface area (Å²) in [6.07, 6.45) is 23.9. The van der Waals surface area contributed by atoms with Gasteiger partial charge in [0.15, 0.2) is 0 Å². The molecule has 0 heterocycles. The summed E-state index contributed by atoms with van der Waals surface area (Å²) in [5.41, 5.74) is 0. The van der Waals surface area contributed by atoms with Gasteiger partial charge in [-0.3, -0.25) is 0 Å². The molecule has 4 nitrogen and oxygen atoms in total. The Hall–Kier alpha value is 0.560. The fraction of sp³-hybridized carbons (Fsp3) is 1.00. The van der Waals surface area contributed by atoms with Crippen LogP contribution in [-0.2, 0) is 4.08 Å². The van der Waals surface area contributed by atoms with E-state index in [0.717, 1.165) is 19.0 Å². The van der Waals surface area contributed by atoms with Crippen LogP contribution in [0.15, 0.2) is 0 Å². The summed E-state index contributed by atoms with van der Waals surface area (Å²) in [6.45, 7) is 5.32. The van der Waals surface area contributed by atoms with Gasteiger partial charge in [0.25, 0.3) is 0 Å². The molecular formula is C24H52ClO4P. The van der Waals surface area contributed by atoms with E-state index in [1.165, 1.54) is 89.9 Å². The Labute approximate surface area is 190 Å². The predicted octanol–water partition coefficient (Wildman–Crippen LogP) is 5.69. The van der Waals surface area contributed by atoms with Crippen molar-refractivity contribution in [1.29, 1.82) is 0 Å². The van der Waals surface area contributed by atoms with E-state index >= 15 is 0 Å². The Morgan fingerprint density at radius 1 is 0.500 bits per heavy atom. The van der Waals surface area contributed by atoms with Gasteiger partial charge in [-0.2, -0.15) is 0 Å². The van der Waals surface area contributed by atoms with E-state index in [2.05, 4.69) is 6.92 Å². The minimum absolute atomic E-state index is 0.672. The third-order valence-electron chi connectivity index (χ3n) is 7.26. The first kappa shape index (κ1) is 30.6. The summed E-state index contributed by atoms with van der Waals surface area (Å²) >= 11 is 0. The number of rotatable bonds is 22. The van der Waals surface area contributed by atoms with E-state index in [9.17, 15) is 14.0 Å². The van der Waals surface area contributed by atoms with Crippen LogP contribution in [0.2, 0.25) is 0 Å². The topological polar surface area (TPSA) is 78.4 Å². The molecule has 0 aliphatic heterocycles. The van der Waals surface area contributed by atoms with E-state index in [-0.39, 0.29) is 0 Å². The first-order chi connectivity index (χ1) is 14.3. The molecule has 0 bridgehead atoms. The van der Waals surface area contributed by atoms with E-state index in [1.54, 1.807) is 0 Å². The normalized spacial score (nSPS) is 14.0. The SMILES string of the molecule is CCCCCCCCCCCCCCCCCCP(CC)(CC)(CC)O[Cl+3]([O-])([O-])[O-]. The van der Waals surface area contributed by atoms with Gasteiger partial charge in [0.1, 0.15) is 0 Å². The monoisotopic (exact) mass is 470 g/mol. The summed E-state index contributed by atoms with van der Waals surface area (Å²) in [4.78, 5) is 0. The Kier molecular flexibility index (Phi) is 17.4. The zero-order valence-corrected chi connectivity index (χ0v) is 22.3. The molecule has 184 valence electrons. The van der Waals surface area contributed by atoms with Crippen molar-refractivity contribution in [2.24, 2.45) is 0 Å². The first-order valence-electron chi connectivity index (χ1n) is 12.9. The third-order valence-corrected chi connectivity index (χ3v) is 15.7. The van der Waals surface area contributed by atoms with E-state index < -0.39 is 17.1 Å². The van der Waals surface area contributed by atoms with Gasteiger partial charge in [-0.15, -0.1) is 0 Å². The van der Waals surface area contributed by atoms with Crippen molar-refractivity contribution in [3.8, 4) is 0 Å². The van der Waals surface area contributed by atoms with E-state index in [0.29, 0.717) is 18.5 Å². The molecule has 6 heteroatoms. The Morgan fingerprint density at radius 3 is 1.07 bits per heavy atom. The number of hydrogen-bond acceptors (Lipinski definition) is 4. The third kappa shape index (κ3) is 13.9. The molecule has 0 aliphatic carbocycles. The van der Waals surface area contributed by atoms with Crippen molar-refractivity contribution in [2.75, 3.05) is 24.6 Å². The van der Waals surface area contributed by atoms with Crippen LogP contribution >= 0.6 is 6.83 Å². The quantitative estimate of drug-likeness (QED) is 0.150. The molecule has 0 fully saturated rings. The minimum atomic E-state index is -4.35.